The maximum atomic E-state index is 12.7. The minimum Gasteiger partial charge on any atom is -0.459 e. The summed E-state index contributed by atoms with van der Waals surface area (Å²) in [6, 6.07) is 3.52. The molecule has 8 nitrogen and oxygen atoms in total. The van der Waals surface area contributed by atoms with Gasteiger partial charge < -0.3 is 19.2 Å². The third-order valence-electron chi connectivity index (χ3n) is 7.16. The van der Waals surface area contributed by atoms with E-state index >= 15 is 0 Å². The highest BCUT2D eigenvalue weighted by molar-refractivity contribution is 5.91. The molecule has 2 aliphatic carbocycles. The summed E-state index contributed by atoms with van der Waals surface area (Å²) in [5.41, 5.74) is -0.162. The molecule has 2 saturated carbocycles. The van der Waals surface area contributed by atoms with E-state index in [-0.39, 0.29) is 18.1 Å². The van der Waals surface area contributed by atoms with Crippen LogP contribution in [0.1, 0.15) is 60.8 Å². The number of rotatable bonds is 4. The number of methoxy groups -OCH3 is 1. The Balaban J connectivity index is 1.32. The van der Waals surface area contributed by atoms with Crippen LogP contribution in [-0.4, -0.2) is 57.2 Å². The van der Waals surface area contributed by atoms with Crippen molar-refractivity contribution in [3.05, 3.63) is 36.0 Å². The fourth-order valence-corrected chi connectivity index (χ4v) is 5.51. The van der Waals surface area contributed by atoms with Crippen LogP contribution >= 0.6 is 0 Å². The van der Waals surface area contributed by atoms with E-state index in [1.165, 1.54) is 6.26 Å². The lowest BCUT2D eigenvalue weighted by molar-refractivity contribution is -0.00562. The van der Waals surface area contributed by atoms with Gasteiger partial charge in [0, 0.05) is 20.2 Å². The number of aromatic nitrogens is 3. The minimum absolute atomic E-state index is 0.0164. The zero-order valence-electron chi connectivity index (χ0n) is 16.7. The van der Waals surface area contributed by atoms with Crippen molar-refractivity contribution in [2.24, 2.45) is 11.8 Å². The molecule has 4 atom stereocenters. The lowest BCUT2D eigenvalue weighted by atomic mass is 9.77. The summed E-state index contributed by atoms with van der Waals surface area (Å²) >= 11 is 0. The quantitative estimate of drug-likeness (QED) is 0.847. The Bertz CT molecular complexity index is 858. The van der Waals surface area contributed by atoms with Crippen LogP contribution < -0.4 is 0 Å². The smallest absolute Gasteiger partial charge is 0.289 e. The van der Waals surface area contributed by atoms with E-state index in [1.54, 1.807) is 19.2 Å². The highest BCUT2D eigenvalue weighted by Crippen LogP contribution is 2.43. The van der Waals surface area contributed by atoms with Gasteiger partial charge in [0.15, 0.2) is 5.76 Å². The molecule has 156 valence electrons. The second-order valence-corrected chi connectivity index (χ2v) is 8.84. The van der Waals surface area contributed by atoms with E-state index in [0.717, 1.165) is 51.6 Å². The van der Waals surface area contributed by atoms with Gasteiger partial charge in [0.05, 0.1) is 24.6 Å². The molecular formula is C21H28N4O4. The Morgan fingerprint density at radius 3 is 2.72 bits per heavy atom. The predicted molar refractivity (Wildman–Crippen MR) is 103 cm³/mol. The first kappa shape index (κ1) is 18.8. The summed E-state index contributed by atoms with van der Waals surface area (Å²) in [5.74, 6) is 1.17. The Kier molecular flexibility index (Phi) is 4.70. The lowest BCUT2D eigenvalue weighted by Crippen LogP contribution is -2.37. The highest BCUT2D eigenvalue weighted by atomic mass is 16.5. The van der Waals surface area contributed by atoms with E-state index in [2.05, 4.69) is 10.3 Å². The number of carbonyl (C=O) groups excluding carboxylic acids is 1. The van der Waals surface area contributed by atoms with E-state index in [1.807, 2.05) is 15.8 Å². The number of furan rings is 1. The number of hydrogen-bond donors (Lipinski definition) is 1. The molecule has 0 bridgehead atoms. The van der Waals surface area contributed by atoms with E-state index in [4.69, 9.17) is 9.15 Å². The predicted octanol–water partition coefficient (Wildman–Crippen LogP) is 2.37. The number of ether oxygens (including phenoxy) is 1. The van der Waals surface area contributed by atoms with Gasteiger partial charge in [-0.05, 0) is 49.7 Å². The second-order valence-electron chi connectivity index (χ2n) is 8.84. The van der Waals surface area contributed by atoms with Crippen molar-refractivity contribution in [1.82, 2.24) is 19.9 Å². The van der Waals surface area contributed by atoms with Crippen molar-refractivity contribution in [1.29, 1.82) is 0 Å². The molecule has 5 rings (SSSR count). The number of fused-ring (bicyclic) bond motifs is 1. The number of nitrogens with zero attached hydrogens (tertiary/aromatic N) is 4. The molecule has 3 fully saturated rings. The van der Waals surface area contributed by atoms with Crippen molar-refractivity contribution in [2.75, 3.05) is 20.2 Å². The zero-order chi connectivity index (χ0) is 20.0. The normalized spacial score (nSPS) is 31.2. The van der Waals surface area contributed by atoms with Crippen molar-refractivity contribution in [3.8, 4) is 0 Å². The highest BCUT2D eigenvalue weighted by Gasteiger charge is 2.45. The molecule has 8 heteroatoms. The van der Waals surface area contributed by atoms with Crippen molar-refractivity contribution in [2.45, 2.75) is 56.3 Å². The Labute approximate surface area is 169 Å². The van der Waals surface area contributed by atoms with Crippen LogP contribution in [0.3, 0.4) is 0 Å². The molecule has 0 spiro atoms. The Morgan fingerprint density at radius 2 is 2.03 bits per heavy atom. The topological polar surface area (TPSA) is 93.6 Å². The van der Waals surface area contributed by atoms with Crippen LogP contribution in [0, 0.1) is 11.8 Å². The average Bonchev–Trinajstić information content (AvgIpc) is 3.52. The van der Waals surface area contributed by atoms with Gasteiger partial charge in [-0.2, -0.15) is 0 Å². The fraction of sp³-hybridized carbons (Fsp3) is 0.667. The van der Waals surface area contributed by atoms with Gasteiger partial charge in [-0.3, -0.25) is 4.79 Å². The van der Waals surface area contributed by atoms with Crippen LogP contribution in [-0.2, 0) is 10.3 Å². The molecule has 1 aliphatic heterocycles. The first-order valence-corrected chi connectivity index (χ1v) is 10.6. The van der Waals surface area contributed by atoms with Gasteiger partial charge in [0.2, 0.25) is 0 Å². The number of aliphatic hydroxyl groups is 1. The molecule has 2 aromatic rings. The van der Waals surface area contributed by atoms with Gasteiger partial charge in [0.25, 0.3) is 5.91 Å². The van der Waals surface area contributed by atoms with Gasteiger partial charge >= 0.3 is 0 Å². The first-order chi connectivity index (χ1) is 14.1. The van der Waals surface area contributed by atoms with Gasteiger partial charge in [-0.25, -0.2) is 4.68 Å². The number of amides is 1. The molecule has 1 saturated heterocycles. The van der Waals surface area contributed by atoms with Crippen molar-refractivity contribution >= 4 is 5.91 Å². The maximum Gasteiger partial charge on any atom is 0.289 e. The zero-order valence-corrected chi connectivity index (χ0v) is 16.7. The van der Waals surface area contributed by atoms with Crippen molar-refractivity contribution in [3.63, 3.8) is 0 Å². The van der Waals surface area contributed by atoms with Crippen LogP contribution in [0.2, 0.25) is 0 Å². The standard InChI is InChI=1S/C21H28N4O4/c1-28-18-10-15-12-24(20(26)17-5-4-8-29-17)11-14(15)9-16(18)25-13-19(22-23-25)21(27)6-2-3-7-21/h4-5,8,13-16,18,27H,2-3,6-7,9-12H2,1H3/t14-,15+,16-,18-/m1/s1. The summed E-state index contributed by atoms with van der Waals surface area (Å²) in [4.78, 5) is 14.6. The number of likely N-dealkylation sites (tertiary alicyclic amines) is 1. The third kappa shape index (κ3) is 3.28. The molecule has 0 radical (unpaired) electrons. The molecule has 1 amide bonds. The maximum absolute atomic E-state index is 12.7. The van der Waals surface area contributed by atoms with Crippen molar-refractivity contribution < 1.29 is 19.1 Å². The molecule has 1 N–H and O–H groups in total. The van der Waals surface area contributed by atoms with Crippen LogP contribution in [0.5, 0.6) is 0 Å². The molecule has 29 heavy (non-hydrogen) atoms. The molecule has 3 aliphatic rings. The Hall–Kier alpha value is -2.19. The van der Waals surface area contributed by atoms with Crippen LogP contribution in [0.25, 0.3) is 0 Å². The first-order valence-electron chi connectivity index (χ1n) is 10.6. The Morgan fingerprint density at radius 1 is 1.28 bits per heavy atom. The molecule has 0 aromatic carbocycles. The van der Waals surface area contributed by atoms with Crippen LogP contribution in [0.4, 0.5) is 0 Å². The van der Waals surface area contributed by atoms with Gasteiger partial charge in [-0.15, -0.1) is 5.10 Å². The molecular weight excluding hydrogens is 372 g/mol. The minimum atomic E-state index is -0.836. The van der Waals surface area contributed by atoms with E-state index in [0.29, 0.717) is 23.3 Å². The van der Waals surface area contributed by atoms with E-state index in [9.17, 15) is 9.90 Å². The third-order valence-corrected chi connectivity index (χ3v) is 7.16. The summed E-state index contributed by atoms with van der Waals surface area (Å²) in [7, 11) is 1.74. The summed E-state index contributed by atoms with van der Waals surface area (Å²) in [6.45, 7) is 1.46. The van der Waals surface area contributed by atoms with Gasteiger partial charge in [0.1, 0.15) is 11.3 Å². The average molecular weight is 400 g/mol. The SMILES string of the molecule is CO[C@@H]1C[C@H]2CN(C(=O)c3ccco3)C[C@H]2C[C@H]1n1cc(C2(O)CCCC2)nn1. The number of hydrogen-bond acceptors (Lipinski definition) is 6. The second kappa shape index (κ2) is 7.25. The monoisotopic (exact) mass is 400 g/mol. The molecule has 3 heterocycles. The largest absolute Gasteiger partial charge is 0.459 e. The summed E-state index contributed by atoms with van der Waals surface area (Å²) in [6.07, 6.45) is 8.77. The summed E-state index contributed by atoms with van der Waals surface area (Å²) < 4.78 is 13.0. The molecule has 0 unspecified atom stereocenters. The van der Waals surface area contributed by atoms with Gasteiger partial charge in [-0.1, -0.05) is 18.1 Å². The summed E-state index contributed by atoms with van der Waals surface area (Å²) in [5, 5.41) is 19.5. The van der Waals surface area contributed by atoms with E-state index < -0.39 is 5.60 Å². The number of carbonyl (C=O) groups is 1. The van der Waals surface area contributed by atoms with Crippen LogP contribution in [0.15, 0.2) is 29.0 Å². The fourth-order valence-electron chi connectivity index (χ4n) is 5.51. The lowest BCUT2D eigenvalue weighted by Gasteiger charge is -2.36. The molecule has 2 aromatic heterocycles.